The zero-order chi connectivity index (χ0) is 10.7. The van der Waals surface area contributed by atoms with Gasteiger partial charge in [0.1, 0.15) is 11.5 Å². The molecule has 0 fully saturated rings. The molecular formula is C12H11O2P. The smallest absolute Gasteiger partial charge is 0.130 e. The SMILES string of the molecule is Oc1ccccc1-c1ccccc1OP. The molecule has 0 bridgehead atoms. The Morgan fingerprint density at radius 1 is 0.867 bits per heavy atom. The van der Waals surface area contributed by atoms with E-state index >= 15 is 0 Å². The van der Waals surface area contributed by atoms with Gasteiger partial charge in [-0.25, -0.2) is 0 Å². The highest BCUT2D eigenvalue weighted by Gasteiger charge is 2.07. The molecule has 0 aliphatic rings. The summed E-state index contributed by atoms with van der Waals surface area (Å²) in [6, 6.07) is 14.8. The zero-order valence-corrected chi connectivity index (χ0v) is 9.21. The van der Waals surface area contributed by atoms with E-state index < -0.39 is 0 Å². The number of hydrogen-bond donors (Lipinski definition) is 1. The first kappa shape index (κ1) is 10.0. The molecule has 15 heavy (non-hydrogen) atoms. The number of hydrogen-bond acceptors (Lipinski definition) is 2. The predicted octanol–water partition coefficient (Wildman–Crippen LogP) is 3.23. The monoisotopic (exact) mass is 218 g/mol. The van der Waals surface area contributed by atoms with Crippen molar-refractivity contribution < 1.29 is 9.63 Å². The summed E-state index contributed by atoms with van der Waals surface area (Å²) in [5.41, 5.74) is 1.65. The van der Waals surface area contributed by atoms with Gasteiger partial charge in [0.05, 0.1) is 9.47 Å². The number of aromatic hydroxyl groups is 1. The summed E-state index contributed by atoms with van der Waals surface area (Å²) in [4.78, 5) is 0. The van der Waals surface area contributed by atoms with Gasteiger partial charge in [0.15, 0.2) is 0 Å². The molecule has 76 valence electrons. The van der Waals surface area contributed by atoms with E-state index in [1.807, 2.05) is 36.4 Å². The molecule has 1 unspecified atom stereocenters. The van der Waals surface area contributed by atoms with Crippen LogP contribution in [0.3, 0.4) is 0 Å². The molecule has 2 aromatic rings. The predicted molar refractivity (Wildman–Crippen MR) is 63.9 cm³/mol. The molecule has 0 radical (unpaired) electrons. The number of rotatable bonds is 2. The second kappa shape index (κ2) is 4.33. The van der Waals surface area contributed by atoms with Crippen molar-refractivity contribution in [3.8, 4) is 22.6 Å². The zero-order valence-electron chi connectivity index (χ0n) is 8.05. The second-order valence-corrected chi connectivity index (χ2v) is 3.37. The van der Waals surface area contributed by atoms with Gasteiger partial charge in [0, 0.05) is 11.1 Å². The van der Waals surface area contributed by atoms with Crippen LogP contribution in [0.15, 0.2) is 48.5 Å². The lowest BCUT2D eigenvalue weighted by molar-refractivity contribution is 0.477. The summed E-state index contributed by atoms with van der Waals surface area (Å²) in [6.07, 6.45) is 0. The van der Waals surface area contributed by atoms with Gasteiger partial charge >= 0.3 is 0 Å². The van der Waals surface area contributed by atoms with Crippen LogP contribution in [0.2, 0.25) is 0 Å². The van der Waals surface area contributed by atoms with E-state index in [0.717, 1.165) is 16.9 Å². The van der Waals surface area contributed by atoms with Crippen LogP contribution in [-0.4, -0.2) is 5.11 Å². The molecule has 0 spiro atoms. The molecule has 2 nitrogen and oxygen atoms in total. The Kier molecular flexibility index (Phi) is 2.89. The Balaban J connectivity index is 2.59. The van der Waals surface area contributed by atoms with Crippen molar-refractivity contribution in [3.63, 3.8) is 0 Å². The molecule has 0 aliphatic heterocycles. The van der Waals surface area contributed by atoms with E-state index in [2.05, 4.69) is 9.47 Å². The summed E-state index contributed by atoms with van der Waals surface area (Å²) in [7, 11) is 2.21. The molecule has 2 aromatic carbocycles. The Morgan fingerprint density at radius 3 is 2.13 bits per heavy atom. The number of phenols is 1. The minimum absolute atomic E-state index is 0.256. The number of benzene rings is 2. The van der Waals surface area contributed by atoms with E-state index in [1.165, 1.54) is 0 Å². The molecular weight excluding hydrogens is 207 g/mol. The van der Waals surface area contributed by atoms with Crippen molar-refractivity contribution in [1.82, 2.24) is 0 Å². The van der Waals surface area contributed by atoms with Gasteiger partial charge in [-0.05, 0) is 12.1 Å². The third-order valence-corrected chi connectivity index (χ3v) is 2.46. The van der Waals surface area contributed by atoms with E-state index in [-0.39, 0.29) is 5.75 Å². The van der Waals surface area contributed by atoms with Crippen LogP contribution in [0.4, 0.5) is 0 Å². The maximum absolute atomic E-state index is 9.72. The van der Waals surface area contributed by atoms with Crippen LogP contribution >= 0.6 is 9.47 Å². The quantitative estimate of drug-likeness (QED) is 0.784. The molecule has 1 N–H and O–H groups in total. The third-order valence-electron chi connectivity index (χ3n) is 2.21. The van der Waals surface area contributed by atoms with Crippen molar-refractivity contribution >= 4 is 9.47 Å². The average Bonchev–Trinajstić information content (AvgIpc) is 2.30. The number of para-hydroxylation sites is 2. The van der Waals surface area contributed by atoms with Crippen LogP contribution in [-0.2, 0) is 0 Å². The summed E-state index contributed by atoms with van der Waals surface area (Å²) >= 11 is 0. The summed E-state index contributed by atoms with van der Waals surface area (Å²) in [5, 5.41) is 9.72. The maximum atomic E-state index is 9.72. The Bertz CT molecular complexity index is 469. The van der Waals surface area contributed by atoms with Crippen molar-refractivity contribution in [2.75, 3.05) is 0 Å². The van der Waals surface area contributed by atoms with Crippen LogP contribution in [0, 0.1) is 0 Å². The van der Waals surface area contributed by atoms with Crippen LogP contribution in [0.1, 0.15) is 0 Å². The van der Waals surface area contributed by atoms with Crippen molar-refractivity contribution in [2.24, 2.45) is 0 Å². The minimum Gasteiger partial charge on any atom is -0.507 e. The van der Waals surface area contributed by atoms with Gasteiger partial charge in [-0.1, -0.05) is 36.4 Å². The Hall–Kier alpha value is -1.53. The van der Waals surface area contributed by atoms with Gasteiger partial charge in [-0.3, -0.25) is 0 Å². The lowest BCUT2D eigenvalue weighted by Gasteiger charge is -2.09. The molecule has 0 aromatic heterocycles. The molecule has 0 heterocycles. The van der Waals surface area contributed by atoms with Gasteiger partial charge in [0.2, 0.25) is 0 Å². The second-order valence-electron chi connectivity index (χ2n) is 3.13. The van der Waals surface area contributed by atoms with Gasteiger partial charge in [-0.2, -0.15) is 0 Å². The van der Waals surface area contributed by atoms with E-state index in [9.17, 15) is 5.11 Å². The van der Waals surface area contributed by atoms with E-state index in [4.69, 9.17) is 4.52 Å². The first-order valence-corrected chi connectivity index (χ1v) is 5.04. The van der Waals surface area contributed by atoms with Crippen molar-refractivity contribution in [3.05, 3.63) is 48.5 Å². The molecule has 3 heteroatoms. The average molecular weight is 218 g/mol. The van der Waals surface area contributed by atoms with Gasteiger partial charge < -0.3 is 9.63 Å². The molecule has 0 saturated carbocycles. The first-order chi connectivity index (χ1) is 7.33. The van der Waals surface area contributed by atoms with Crippen LogP contribution < -0.4 is 4.52 Å². The van der Waals surface area contributed by atoms with E-state index in [1.54, 1.807) is 12.1 Å². The van der Waals surface area contributed by atoms with E-state index in [0.29, 0.717) is 0 Å². The fourth-order valence-corrected chi connectivity index (χ4v) is 1.70. The standard InChI is InChI=1S/C12H11O2P/c13-11-7-3-1-5-9(11)10-6-2-4-8-12(10)14-15/h1-8,13H,15H2. The summed E-state index contributed by atoms with van der Waals surface area (Å²) in [6.45, 7) is 0. The Labute approximate surface area is 90.8 Å². The minimum atomic E-state index is 0.256. The fourth-order valence-electron chi connectivity index (χ4n) is 1.49. The first-order valence-electron chi connectivity index (χ1n) is 4.57. The van der Waals surface area contributed by atoms with Gasteiger partial charge in [-0.15, -0.1) is 0 Å². The number of phenolic OH excluding ortho intramolecular Hbond substituents is 1. The van der Waals surface area contributed by atoms with Gasteiger partial charge in [0.25, 0.3) is 0 Å². The maximum Gasteiger partial charge on any atom is 0.130 e. The summed E-state index contributed by atoms with van der Waals surface area (Å²) in [5.74, 6) is 0.982. The highest BCUT2D eigenvalue weighted by molar-refractivity contribution is 7.10. The Morgan fingerprint density at radius 2 is 1.47 bits per heavy atom. The molecule has 0 saturated heterocycles. The summed E-state index contributed by atoms with van der Waals surface area (Å²) < 4.78 is 5.16. The molecule has 0 aliphatic carbocycles. The highest BCUT2D eigenvalue weighted by atomic mass is 31.0. The lowest BCUT2D eigenvalue weighted by atomic mass is 10.0. The molecule has 2 rings (SSSR count). The molecule has 1 atom stereocenters. The largest absolute Gasteiger partial charge is 0.507 e. The third kappa shape index (κ3) is 1.95. The fraction of sp³-hybridized carbons (Fsp3) is 0. The van der Waals surface area contributed by atoms with Crippen molar-refractivity contribution in [1.29, 1.82) is 0 Å². The van der Waals surface area contributed by atoms with Crippen molar-refractivity contribution in [2.45, 2.75) is 0 Å². The normalized spacial score (nSPS) is 9.93. The molecule has 0 amide bonds. The topological polar surface area (TPSA) is 29.5 Å². The van der Waals surface area contributed by atoms with Crippen LogP contribution in [0.5, 0.6) is 11.5 Å². The van der Waals surface area contributed by atoms with Crippen LogP contribution in [0.25, 0.3) is 11.1 Å². The highest BCUT2D eigenvalue weighted by Crippen LogP contribution is 2.35. The lowest BCUT2D eigenvalue weighted by Crippen LogP contribution is -1.83.